The first-order valence-electron chi connectivity index (χ1n) is 6.50. The van der Waals surface area contributed by atoms with Crippen molar-refractivity contribution in [3.63, 3.8) is 0 Å². The summed E-state index contributed by atoms with van der Waals surface area (Å²) in [5.41, 5.74) is 0.544. The van der Waals surface area contributed by atoms with Crippen LogP contribution in [0.4, 0.5) is 0 Å². The standard InChI is InChI=1S/C15H13BrN2O3/c16-12-8-17-6-5-11(12)15(19)18-7-10-9-20-13-3-1-2-4-14(13)21-10/h1-6,8,10H,7,9H2,(H,18,19)/t10-/m1/s1. The van der Waals surface area contributed by atoms with Gasteiger partial charge in [0.2, 0.25) is 0 Å². The molecule has 21 heavy (non-hydrogen) atoms. The van der Waals surface area contributed by atoms with E-state index in [1.807, 2.05) is 24.3 Å². The van der Waals surface area contributed by atoms with Crippen LogP contribution < -0.4 is 14.8 Å². The van der Waals surface area contributed by atoms with Gasteiger partial charge in [0.25, 0.3) is 5.91 Å². The number of carbonyl (C=O) groups is 1. The number of halogens is 1. The van der Waals surface area contributed by atoms with Gasteiger partial charge >= 0.3 is 0 Å². The highest BCUT2D eigenvalue weighted by molar-refractivity contribution is 9.10. The maximum Gasteiger partial charge on any atom is 0.252 e. The summed E-state index contributed by atoms with van der Waals surface area (Å²) in [6, 6.07) is 9.15. The van der Waals surface area contributed by atoms with Crippen molar-refractivity contribution in [2.75, 3.05) is 13.2 Å². The van der Waals surface area contributed by atoms with E-state index in [-0.39, 0.29) is 12.0 Å². The molecule has 3 rings (SSSR count). The van der Waals surface area contributed by atoms with Crippen LogP contribution in [0.3, 0.4) is 0 Å². The molecule has 0 bridgehead atoms. The Labute approximate surface area is 130 Å². The second-order valence-electron chi connectivity index (χ2n) is 4.56. The Hall–Kier alpha value is -2.08. The van der Waals surface area contributed by atoms with Crippen molar-refractivity contribution in [3.8, 4) is 11.5 Å². The van der Waals surface area contributed by atoms with Crippen LogP contribution in [0.2, 0.25) is 0 Å². The van der Waals surface area contributed by atoms with Crippen molar-refractivity contribution in [1.29, 1.82) is 0 Å². The summed E-state index contributed by atoms with van der Waals surface area (Å²) >= 11 is 3.30. The molecule has 0 unspecified atom stereocenters. The summed E-state index contributed by atoms with van der Waals surface area (Å²) in [4.78, 5) is 16.0. The summed E-state index contributed by atoms with van der Waals surface area (Å²) in [6.45, 7) is 0.788. The lowest BCUT2D eigenvalue weighted by Crippen LogP contribution is -2.40. The highest BCUT2D eigenvalue weighted by Crippen LogP contribution is 2.30. The monoisotopic (exact) mass is 348 g/mol. The van der Waals surface area contributed by atoms with Gasteiger partial charge in [0, 0.05) is 16.9 Å². The number of fused-ring (bicyclic) bond motifs is 1. The minimum Gasteiger partial charge on any atom is -0.486 e. The number of rotatable bonds is 3. The van der Waals surface area contributed by atoms with Gasteiger partial charge in [-0.1, -0.05) is 12.1 Å². The molecule has 0 saturated heterocycles. The molecule has 1 N–H and O–H groups in total. The zero-order valence-corrected chi connectivity index (χ0v) is 12.7. The average molecular weight is 349 g/mol. The third-order valence-corrected chi connectivity index (χ3v) is 3.71. The molecule has 1 aliphatic heterocycles. The predicted molar refractivity (Wildman–Crippen MR) is 80.6 cm³/mol. The maximum absolute atomic E-state index is 12.1. The van der Waals surface area contributed by atoms with Crippen LogP contribution in [0, 0.1) is 0 Å². The molecule has 5 nitrogen and oxygen atoms in total. The van der Waals surface area contributed by atoms with E-state index in [0.717, 1.165) is 5.75 Å². The fraction of sp³-hybridized carbons (Fsp3) is 0.200. The molecule has 1 aromatic carbocycles. The van der Waals surface area contributed by atoms with Crippen LogP contribution >= 0.6 is 15.9 Å². The number of ether oxygens (including phenoxy) is 2. The molecule has 1 amide bonds. The number of aromatic nitrogens is 1. The summed E-state index contributed by atoms with van der Waals surface area (Å²) in [5, 5.41) is 2.84. The van der Waals surface area contributed by atoms with E-state index in [9.17, 15) is 4.79 Å². The average Bonchev–Trinajstić information content (AvgIpc) is 2.53. The second kappa shape index (κ2) is 6.13. The number of nitrogens with one attached hydrogen (secondary N) is 1. The number of para-hydroxylation sites is 2. The third kappa shape index (κ3) is 3.16. The SMILES string of the molecule is O=C(NC[C@@H]1COc2ccccc2O1)c1ccncc1Br. The second-order valence-corrected chi connectivity index (χ2v) is 5.42. The fourth-order valence-corrected chi connectivity index (χ4v) is 2.46. The van der Waals surface area contributed by atoms with Crippen molar-refractivity contribution in [2.45, 2.75) is 6.10 Å². The number of carbonyl (C=O) groups excluding carboxylic acids is 1. The van der Waals surface area contributed by atoms with Crippen LogP contribution in [0.5, 0.6) is 11.5 Å². The third-order valence-electron chi connectivity index (χ3n) is 3.07. The Morgan fingerprint density at radius 3 is 2.95 bits per heavy atom. The first-order chi connectivity index (χ1) is 10.2. The molecule has 0 saturated carbocycles. The largest absolute Gasteiger partial charge is 0.486 e. The van der Waals surface area contributed by atoms with Crippen LogP contribution in [0.1, 0.15) is 10.4 Å². The lowest BCUT2D eigenvalue weighted by Gasteiger charge is -2.26. The molecule has 2 aromatic rings. The molecular weight excluding hydrogens is 336 g/mol. The van der Waals surface area contributed by atoms with Crippen molar-refractivity contribution in [1.82, 2.24) is 10.3 Å². The minimum absolute atomic E-state index is 0.174. The van der Waals surface area contributed by atoms with Gasteiger partial charge in [0.15, 0.2) is 11.5 Å². The van der Waals surface area contributed by atoms with Crippen LogP contribution in [-0.4, -0.2) is 30.1 Å². The molecule has 1 aliphatic rings. The molecule has 0 aliphatic carbocycles. The first-order valence-corrected chi connectivity index (χ1v) is 7.29. The quantitative estimate of drug-likeness (QED) is 0.925. The first kappa shape index (κ1) is 13.9. The van der Waals surface area contributed by atoms with Gasteiger partial charge in [0.05, 0.1) is 12.1 Å². The van der Waals surface area contributed by atoms with Crippen molar-refractivity contribution < 1.29 is 14.3 Å². The number of hydrogen-bond donors (Lipinski definition) is 1. The van der Waals surface area contributed by atoms with Gasteiger partial charge in [-0.2, -0.15) is 0 Å². The molecular formula is C15H13BrN2O3. The van der Waals surface area contributed by atoms with E-state index in [4.69, 9.17) is 9.47 Å². The molecule has 1 aromatic heterocycles. The molecule has 2 heterocycles. The van der Waals surface area contributed by atoms with Gasteiger partial charge in [-0.15, -0.1) is 0 Å². The Morgan fingerprint density at radius 2 is 2.14 bits per heavy atom. The van der Waals surface area contributed by atoms with Gasteiger partial charge in [-0.25, -0.2) is 0 Å². The topological polar surface area (TPSA) is 60.5 Å². The van der Waals surface area contributed by atoms with Gasteiger partial charge in [-0.3, -0.25) is 9.78 Å². The molecule has 0 spiro atoms. The molecule has 0 radical (unpaired) electrons. The van der Waals surface area contributed by atoms with E-state index < -0.39 is 0 Å². The Balaban J connectivity index is 1.59. The van der Waals surface area contributed by atoms with E-state index >= 15 is 0 Å². The van der Waals surface area contributed by atoms with Crippen LogP contribution in [-0.2, 0) is 0 Å². The zero-order chi connectivity index (χ0) is 14.7. The number of benzene rings is 1. The zero-order valence-electron chi connectivity index (χ0n) is 11.1. The molecule has 6 heteroatoms. The molecule has 108 valence electrons. The van der Waals surface area contributed by atoms with Gasteiger partial charge in [-0.05, 0) is 34.1 Å². The Morgan fingerprint density at radius 1 is 1.33 bits per heavy atom. The fourth-order valence-electron chi connectivity index (χ4n) is 2.02. The molecule has 1 atom stereocenters. The maximum atomic E-state index is 12.1. The van der Waals surface area contributed by atoms with E-state index in [1.165, 1.54) is 0 Å². The Bertz CT molecular complexity index is 663. The number of pyridine rings is 1. The van der Waals surface area contributed by atoms with E-state index in [1.54, 1.807) is 18.5 Å². The smallest absolute Gasteiger partial charge is 0.252 e. The Kier molecular flexibility index (Phi) is 4.06. The lowest BCUT2D eigenvalue weighted by atomic mass is 10.2. The van der Waals surface area contributed by atoms with Crippen molar-refractivity contribution in [2.24, 2.45) is 0 Å². The highest BCUT2D eigenvalue weighted by atomic mass is 79.9. The normalized spacial score (nSPS) is 16.3. The summed E-state index contributed by atoms with van der Waals surface area (Å²) < 4.78 is 12.0. The molecule has 0 fully saturated rings. The van der Waals surface area contributed by atoms with Crippen molar-refractivity contribution >= 4 is 21.8 Å². The highest BCUT2D eigenvalue weighted by Gasteiger charge is 2.21. The number of hydrogen-bond acceptors (Lipinski definition) is 4. The summed E-state index contributed by atoms with van der Waals surface area (Å²) in [6.07, 6.45) is 2.96. The minimum atomic E-state index is -0.204. The lowest BCUT2D eigenvalue weighted by molar-refractivity contribution is 0.0788. The van der Waals surface area contributed by atoms with Crippen LogP contribution in [0.15, 0.2) is 47.2 Å². The van der Waals surface area contributed by atoms with Gasteiger partial charge < -0.3 is 14.8 Å². The van der Waals surface area contributed by atoms with Crippen molar-refractivity contribution in [3.05, 3.63) is 52.8 Å². The summed E-state index contributed by atoms with van der Waals surface area (Å²) in [5.74, 6) is 1.26. The summed E-state index contributed by atoms with van der Waals surface area (Å²) in [7, 11) is 0. The van der Waals surface area contributed by atoms with E-state index in [0.29, 0.717) is 28.9 Å². The predicted octanol–water partition coefficient (Wildman–Crippen LogP) is 2.41. The van der Waals surface area contributed by atoms with Crippen LogP contribution in [0.25, 0.3) is 0 Å². The number of amides is 1. The van der Waals surface area contributed by atoms with E-state index in [2.05, 4.69) is 26.2 Å². The number of nitrogens with zero attached hydrogens (tertiary/aromatic N) is 1. The van der Waals surface area contributed by atoms with Gasteiger partial charge in [0.1, 0.15) is 12.7 Å².